The third kappa shape index (κ3) is 3.77. The lowest BCUT2D eigenvalue weighted by atomic mass is 10.00. The fourth-order valence-corrected chi connectivity index (χ4v) is 3.89. The third-order valence-electron chi connectivity index (χ3n) is 4.96. The van der Waals surface area contributed by atoms with Gasteiger partial charge in [0.05, 0.1) is 12.8 Å². The summed E-state index contributed by atoms with van der Waals surface area (Å²) in [5.74, 6) is 1.31. The van der Waals surface area contributed by atoms with Crippen LogP contribution in [0.25, 0.3) is 5.52 Å². The predicted molar refractivity (Wildman–Crippen MR) is 103 cm³/mol. The SMILES string of the molecule is Cc1c(C[C@@H](N)CC2(F)CC2)c(Cl)n2nc(Cl)nc(NCc3ccco3)c12. The van der Waals surface area contributed by atoms with Crippen molar-refractivity contribution in [2.75, 3.05) is 5.32 Å². The van der Waals surface area contributed by atoms with E-state index < -0.39 is 5.67 Å². The molecule has 0 bridgehead atoms. The molecular formula is C18H20Cl2FN5O. The Kier molecular flexibility index (Phi) is 4.78. The molecule has 3 N–H and O–H groups in total. The van der Waals surface area contributed by atoms with Gasteiger partial charge in [0, 0.05) is 6.04 Å². The summed E-state index contributed by atoms with van der Waals surface area (Å²) < 4.78 is 20.9. The van der Waals surface area contributed by atoms with Crippen LogP contribution in [0.1, 0.15) is 36.1 Å². The Balaban J connectivity index is 1.65. The Morgan fingerprint density at radius 2 is 2.22 bits per heavy atom. The molecule has 4 rings (SSSR count). The minimum atomic E-state index is -1.10. The van der Waals surface area contributed by atoms with Crippen molar-refractivity contribution in [3.63, 3.8) is 0 Å². The highest BCUT2D eigenvalue weighted by atomic mass is 35.5. The van der Waals surface area contributed by atoms with E-state index in [1.54, 1.807) is 10.8 Å². The summed E-state index contributed by atoms with van der Waals surface area (Å²) in [7, 11) is 0. The van der Waals surface area contributed by atoms with E-state index in [1.807, 2.05) is 19.1 Å². The minimum Gasteiger partial charge on any atom is -0.467 e. The smallest absolute Gasteiger partial charge is 0.243 e. The number of anilines is 1. The number of halogens is 3. The van der Waals surface area contributed by atoms with Crippen LogP contribution >= 0.6 is 23.2 Å². The molecule has 1 saturated carbocycles. The lowest BCUT2D eigenvalue weighted by Gasteiger charge is -2.14. The summed E-state index contributed by atoms with van der Waals surface area (Å²) >= 11 is 12.6. The van der Waals surface area contributed by atoms with Crippen LogP contribution in [0.15, 0.2) is 22.8 Å². The van der Waals surface area contributed by atoms with Gasteiger partial charge in [-0.2, -0.15) is 4.98 Å². The Morgan fingerprint density at radius 3 is 2.89 bits per heavy atom. The van der Waals surface area contributed by atoms with E-state index in [-0.39, 0.29) is 11.3 Å². The van der Waals surface area contributed by atoms with Crippen LogP contribution in [0, 0.1) is 6.92 Å². The number of hydrogen-bond donors (Lipinski definition) is 2. The molecule has 1 atom stereocenters. The second-order valence-corrected chi connectivity index (χ2v) is 7.83. The largest absolute Gasteiger partial charge is 0.467 e. The molecule has 0 amide bonds. The average molecular weight is 412 g/mol. The Morgan fingerprint density at radius 1 is 1.44 bits per heavy atom. The highest BCUT2D eigenvalue weighted by molar-refractivity contribution is 6.31. The van der Waals surface area contributed by atoms with Crippen molar-refractivity contribution in [1.29, 1.82) is 0 Å². The molecule has 144 valence electrons. The van der Waals surface area contributed by atoms with Gasteiger partial charge in [0.1, 0.15) is 22.1 Å². The maximum Gasteiger partial charge on any atom is 0.243 e. The van der Waals surface area contributed by atoms with E-state index in [2.05, 4.69) is 15.4 Å². The molecule has 0 spiro atoms. The number of alkyl halides is 1. The zero-order valence-corrected chi connectivity index (χ0v) is 16.3. The topological polar surface area (TPSA) is 81.4 Å². The van der Waals surface area contributed by atoms with Crippen molar-refractivity contribution in [1.82, 2.24) is 14.6 Å². The standard InChI is InChI=1S/C18H20Cl2FN5O/c1-10-13(7-11(22)8-18(21)4-5-18)15(19)26-14(10)16(24-17(20)25-26)23-9-12-3-2-6-27-12/h2-3,6,11H,4-5,7-9,22H2,1H3,(H,23,24,25)/t11-/m1/s1. The van der Waals surface area contributed by atoms with Crippen LogP contribution in [-0.2, 0) is 13.0 Å². The molecule has 9 heteroatoms. The van der Waals surface area contributed by atoms with Crippen LogP contribution in [0.2, 0.25) is 10.4 Å². The molecule has 1 aliphatic rings. The number of nitrogens with one attached hydrogen (secondary N) is 1. The summed E-state index contributed by atoms with van der Waals surface area (Å²) in [5.41, 5.74) is 7.55. The normalized spacial score (nSPS) is 16.6. The van der Waals surface area contributed by atoms with Crippen molar-refractivity contribution in [2.45, 2.75) is 50.9 Å². The van der Waals surface area contributed by atoms with E-state index >= 15 is 0 Å². The number of nitrogens with two attached hydrogens (primary N) is 1. The molecule has 27 heavy (non-hydrogen) atoms. The van der Waals surface area contributed by atoms with Crippen molar-refractivity contribution < 1.29 is 8.81 Å². The molecule has 1 aliphatic carbocycles. The first-order valence-corrected chi connectivity index (χ1v) is 9.56. The van der Waals surface area contributed by atoms with Gasteiger partial charge >= 0.3 is 0 Å². The molecule has 3 heterocycles. The lowest BCUT2D eigenvalue weighted by molar-refractivity contribution is 0.270. The van der Waals surface area contributed by atoms with Crippen LogP contribution < -0.4 is 11.1 Å². The van der Waals surface area contributed by atoms with Crippen LogP contribution in [-0.4, -0.2) is 26.3 Å². The number of aromatic nitrogens is 3. The second kappa shape index (κ2) is 6.96. The van der Waals surface area contributed by atoms with Gasteiger partial charge in [-0.25, -0.2) is 8.91 Å². The van der Waals surface area contributed by atoms with Gasteiger partial charge in [-0.3, -0.25) is 0 Å². The quantitative estimate of drug-likeness (QED) is 0.605. The van der Waals surface area contributed by atoms with E-state index in [9.17, 15) is 4.39 Å². The maximum atomic E-state index is 14.0. The molecule has 6 nitrogen and oxygen atoms in total. The fourth-order valence-electron chi connectivity index (χ4n) is 3.39. The second-order valence-electron chi connectivity index (χ2n) is 7.14. The zero-order valence-electron chi connectivity index (χ0n) is 14.8. The van der Waals surface area contributed by atoms with Crippen LogP contribution in [0.5, 0.6) is 0 Å². The molecule has 0 saturated heterocycles. The van der Waals surface area contributed by atoms with Crippen LogP contribution in [0.4, 0.5) is 10.2 Å². The summed E-state index contributed by atoms with van der Waals surface area (Å²) in [4.78, 5) is 4.30. The summed E-state index contributed by atoms with van der Waals surface area (Å²) in [6.07, 6.45) is 3.59. The van der Waals surface area contributed by atoms with Crippen molar-refractivity contribution in [3.05, 3.63) is 45.7 Å². The van der Waals surface area contributed by atoms with Crippen molar-refractivity contribution >= 4 is 34.5 Å². The lowest BCUT2D eigenvalue weighted by Crippen LogP contribution is -2.27. The van der Waals surface area contributed by atoms with Gasteiger partial charge in [0.25, 0.3) is 0 Å². The Hall–Kier alpha value is -1.83. The monoisotopic (exact) mass is 411 g/mol. The Labute approximate surface area is 165 Å². The summed E-state index contributed by atoms with van der Waals surface area (Å²) in [6, 6.07) is 3.37. The number of rotatable bonds is 7. The fraction of sp³-hybridized carbons (Fsp3) is 0.444. The molecule has 0 unspecified atom stereocenters. The van der Waals surface area contributed by atoms with Gasteiger partial charge in [-0.1, -0.05) is 11.6 Å². The van der Waals surface area contributed by atoms with Gasteiger partial charge in [0.2, 0.25) is 5.28 Å². The molecule has 0 aliphatic heterocycles. The van der Waals surface area contributed by atoms with E-state index in [4.69, 9.17) is 33.4 Å². The zero-order chi connectivity index (χ0) is 19.2. The van der Waals surface area contributed by atoms with Gasteiger partial charge in [-0.05, 0) is 67.5 Å². The third-order valence-corrected chi connectivity index (χ3v) is 5.51. The number of aryl methyl sites for hydroxylation is 1. The Bertz CT molecular complexity index is 968. The van der Waals surface area contributed by atoms with Crippen molar-refractivity contribution in [3.8, 4) is 0 Å². The first-order chi connectivity index (χ1) is 12.9. The number of hydrogen-bond acceptors (Lipinski definition) is 5. The van der Waals surface area contributed by atoms with E-state index in [1.165, 1.54) is 0 Å². The first kappa shape index (κ1) is 18.5. The molecule has 3 aromatic rings. The van der Waals surface area contributed by atoms with E-state index in [0.717, 1.165) is 22.4 Å². The molecule has 0 aromatic carbocycles. The minimum absolute atomic E-state index is 0.0675. The van der Waals surface area contributed by atoms with Gasteiger partial charge in [-0.15, -0.1) is 5.10 Å². The van der Waals surface area contributed by atoms with Crippen molar-refractivity contribution in [2.24, 2.45) is 5.73 Å². The predicted octanol–water partition coefficient (Wildman–Crippen LogP) is 4.31. The van der Waals surface area contributed by atoms with Crippen LogP contribution in [0.3, 0.4) is 0 Å². The molecule has 0 radical (unpaired) electrons. The first-order valence-electron chi connectivity index (χ1n) is 8.80. The number of nitrogens with zero attached hydrogens (tertiary/aromatic N) is 3. The molecular weight excluding hydrogens is 392 g/mol. The molecule has 1 fully saturated rings. The van der Waals surface area contributed by atoms with Gasteiger partial charge < -0.3 is 15.5 Å². The maximum absolute atomic E-state index is 14.0. The molecule has 3 aromatic heterocycles. The summed E-state index contributed by atoms with van der Waals surface area (Å²) in [6.45, 7) is 2.37. The summed E-state index contributed by atoms with van der Waals surface area (Å²) in [5, 5.41) is 7.92. The van der Waals surface area contributed by atoms with E-state index in [0.29, 0.717) is 43.2 Å². The number of furan rings is 1. The van der Waals surface area contributed by atoms with Gasteiger partial charge in [0.15, 0.2) is 5.82 Å². The number of fused-ring (bicyclic) bond motifs is 1. The highest BCUT2D eigenvalue weighted by Gasteiger charge is 2.44. The average Bonchev–Trinajstić information content (AvgIpc) is 3.04. The highest BCUT2D eigenvalue weighted by Crippen LogP contribution is 2.44.